The van der Waals surface area contributed by atoms with Crippen molar-refractivity contribution in [1.29, 1.82) is 0 Å². The molecule has 106 valence electrons. The lowest BCUT2D eigenvalue weighted by Crippen LogP contribution is -2.15. The highest BCUT2D eigenvalue weighted by atomic mass is 19.1. The Morgan fingerprint density at radius 2 is 1.90 bits per heavy atom. The molecule has 0 aliphatic carbocycles. The van der Waals surface area contributed by atoms with E-state index in [-0.39, 0.29) is 11.6 Å². The van der Waals surface area contributed by atoms with Crippen molar-refractivity contribution in [3.63, 3.8) is 0 Å². The molecule has 0 unspecified atom stereocenters. The summed E-state index contributed by atoms with van der Waals surface area (Å²) in [7, 11) is 4.69. The van der Waals surface area contributed by atoms with Gasteiger partial charge in [0.05, 0.1) is 12.8 Å². The summed E-state index contributed by atoms with van der Waals surface area (Å²) in [6.07, 6.45) is 0. The summed E-state index contributed by atoms with van der Waals surface area (Å²) in [6, 6.07) is 7.94. The van der Waals surface area contributed by atoms with Gasteiger partial charge in [0.1, 0.15) is 5.75 Å². The first-order chi connectivity index (χ1) is 9.58. The van der Waals surface area contributed by atoms with Crippen LogP contribution >= 0.6 is 0 Å². The number of nitrogens with zero attached hydrogens (tertiary/aromatic N) is 2. The van der Waals surface area contributed by atoms with Gasteiger partial charge in [-0.25, -0.2) is 13.8 Å². The number of methoxy groups -OCH3 is 1. The predicted octanol–water partition coefficient (Wildman–Crippen LogP) is 3.18. The molecular formula is C14H15F2N3O. The second kappa shape index (κ2) is 5.73. The Morgan fingerprint density at radius 1 is 1.20 bits per heavy atom. The number of aromatic nitrogens is 1. The van der Waals surface area contributed by atoms with E-state index < -0.39 is 11.6 Å². The van der Waals surface area contributed by atoms with E-state index in [1.54, 1.807) is 25.2 Å². The van der Waals surface area contributed by atoms with Crippen LogP contribution in [0.5, 0.6) is 5.75 Å². The van der Waals surface area contributed by atoms with Crippen LogP contribution in [0.4, 0.5) is 26.1 Å². The molecule has 0 radical (unpaired) electrons. The van der Waals surface area contributed by atoms with Crippen LogP contribution in [0.1, 0.15) is 0 Å². The molecule has 0 saturated carbocycles. The Bertz CT molecular complexity index is 619. The summed E-state index contributed by atoms with van der Waals surface area (Å²) >= 11 is 0. The minimum Gasteiger partial charge on any atom is -0.495 e. The molecule has 1 N–H and O–H groups in total. The largest absolute Gasteiger partial charge is 0.495 e. The molecule has 0 saturated heterocycles. The molecule has 0 spiro atoms. The number of halogens is 2. The van der Waals surface area contributed by atoms with Crippen molar-refractivity contribution >= 4 is 17.3 Å². The van der Waals surface area contributed by atoms with E-state index in [4.69, 9.17) is 4.74 Å². The van der Waals surface area contributed by atoms with Gasteiger partial charge in [-0.15, -0.1) is 0 Å². The number of hydrogen-bond donors (Lipinski definition) is 1. The van der Waals surface area contributed by atoms with Crippen LogP contribution in [0.15, 0.2) is 30.3 Å². The molecule has 1 aromatic carbocycles. The molecule has 1 aromatic heterocycles. The number of benzene rings is 1. The Balaban J connectivity index is 2.50. The smallest absolute Gasteiger partial charge is 0.171 e. The average Bonchev–Trinajstić information content (AvgIpc) is 2.46. The van der Waals surface area contributed by atoms with Crippen LogP contribution in [0.3, 0.4) is 0 Å². The van der Waals surface area contributed by atoms with Crippen LogP contribution in [-0.2, 0) is 0 Å². The second-order valence-electron chi connectivity index (χ2n) is 4.11. The number of ether oxygens (including phenoxy) is 1. The molecule has 0 fully saturated rings. The zero-order valence-electron chi connectivity index (χ0n) is 11.4. The molecule has 1 heterocycles. The molecule has 0 amide bonds. The van der Waals surface area contributed by atoms with E-state index >= 15 is 0 Å². The average molecular weight is 279 g/mol. The van der Waals surface area contributed by atoms with Gasteiger partial charge >= 0.3 is 0 Å². The number of anilines is 3. The van der Waals surface area contributed by atoms with E-state index in [0.717, 1.165) is 6.07 Å². The van der Waals surface area contributed by atoms with Crippen molar-refractivity contribution in [1.82, 2.24) is 4.98 Å². The van der Waals surface area contributed by atoms with Gasteiger partial charge in [-0.1, -0.05) is 12.1 Å². The quantitative estimate of drug-likeness (QED) is 0.932. The summed E-state index contributed by atoms with van der Waals surface area (Å²) in [4.78, 5) is 5.46. The molecule has 0 atom stereocenters. The van der Waals surface area contributed by atoms with Gasteiger partial charge in [-0.05, 0) is 12.1 Å². The van der Waals surface area contributed by atoms with Gasteiger partial charge in [0.2, 0.25) is 0 Å². The molecule has 20 heavy (non-hydrogen) atoms. The van der Waals surface area contributed by atoms with Gasteiger partial charge in [-0.2, -0.15) is 0 Å². The fourth-order valence-electron chi connectivity index (χ4n) is 1.89. The fraction of sp³-hybridized carbons (Fsp3) is 0.214. The lowest BCUT2D eigenvalue weighted by Gasteiger charge is -2.21. The molecule has 0 aliphatic rings. The van der Waals surface area contributed by atoms with Gasteiger partial charge in [0.15, 0.2) is 23.3 Å². The minimum atomic E-state index is -0.741. The molecule has 0 aliphatic heterocycles. The first-order valence-corrected chi connectivity index (χ1v) is 5.99. The third-order valence-electron chi connectivity index (χ3n) is 2.91. The van der Waals surface area contributed by atoms with Crippen molar-refractivity contribution in [3.8, 4) is 5.75 Å². The van der Waals surface area contributed by atoms with Gasteiger partial charge in [0, 0.05) is 20.2 Å². The highest BCUT2D eigenvalue weighted by Gasteiger charge is 2.17. The number of pyridine rings is 1. The molecule has 6 heteroatoms. The topological polar surface area (TPSA) is 37.4 Å². The van der Waals surface area contributed by atoms with Crippen LogP contribution in [-0.4, -0.2) is 26.2 Å². The maximum atomic E-state index is 13.9. The molecule has 4 nitrogen and oxygen atoms in total. The summed E-state index contributed by atoms with van der Waals surface area (Å²) in [6.45, 7) is 0. The van der Waals surface area contributed by atoms with Crippen molar-refractivity contribution in [2.75, 3.05) is 31.4 Å². The SMILES string of the molecule is CNc1nc(N(C)c2ccccc2OC)c(F)cc1F. The molecular weight excluding hydrogens is 264 g/mol. The zero-order chi connectivity index (χ0) is 14.7. The normalized spacial score (nSPS) is 10.2. The fourth-order valence-corrected chi connectivity index (χ4v) is 1.89. The number of rotatable bonds is 4. The van der Waals surface area contributed by atoms with Crippen molar-refractivity contribution in [2.24, 2.45) is 0 Å². The van der Waals surface area contributed by atoms with Crippen LogP contribution in [0, 0.1) is 11.6 Å². The Labute approximate surface area is 116 Å². The van der Waals surface area contributed by atoms with Gasteiger partial charge in [-0.3, -0.25) is 0 Å². The van der Waals surface area contributed by atoms with E-state index in [1.807, 2.05) is 6.07 Å². The van der Waals surface area contributed by atoms with E-state index in [0.29, 0.717) is 11.4 Å². The lowest BCUT2D eigenvalue weighted by atomic mass is 10.2. The van der Waals surface area contributed by atoms with Crippen LogP contribution in [0.2, 0.25) is 0 Å². The minimum absolute atomic E-state index is 0.0110. The molecule has 0 bridgehead atoms. The first-order valence-electron chi connectivity index (χ1n) is 5.99. The van der Waals surface area contributed by atoms with E-state index in [1.165, 1.54) is 19.1 Å². The lowest BCUT2D eigenvalue weighted by molar-refractivity contribution is 0.415. The highest BCUT2D eigenvalue weighted by Crippen LogP contribution is 2.33. The maximum Gasteiger partial charge on any atom is 0.171 e. The van der Waals surface area contributed by atoms with Crippen molar-refractivity contribution in [2.45, 2.75) is 0 Å². The van der Waals surface area contributed by atoms with Crippen molar-refractivity contribution in [3.05, 3.63) is 42.0 Å². The third kappa shape index (κ3) is 2.49. The summed E-state index contributed by atoms with van der Waals surface area (Å²) in [5, 5.41) is 2.59. The first kappa shape index (κ1) is 14.0. The van der Waals surface area contributed by atoms with Crippen molar-refractivity contribution < 1.29 is 13.5 Å². The number of nitrogens with one attached hydrogen (secondary N) is 1. The monoisotopic (exact) mass is 279 g/mol. The van der Waals surface area contributed by atoms with Gasteiger partial charge in [0.25, 0.3) is 0 Å². The summed E-state index contributed by atoms with van der Waals surface area (Å²) < 4.78 is 32.6. The molecule has 2 aromatic rings. The third-order valence-corrected chi connectivity index (χ3v) is 2.91. The zero-order valence-corrected chi connectivity index (χ0v) is 11.4. The van der Waals surface area contributed by atoms with Crippen LogP contribution in [0.25, 0.3) is 0 Å². The standard InChI is InChI=1S/C14H15F2N3O/c1-17-13-9(15)8-10(16)14(18-13)19(2)11-6-4-5-7-12(11)20-3/h4-8H,1-3H3,(H,17,18). The summed E-state index contributed by atoms with van der Waals surface area (Å²) in [5.41, 5.74) is 0.634. The van der Waals surface area contributed by atoms with E-state index in [9.17, 15) is 8.78 Å². The maximum absolute atomic E-state index is 13.9. The Hall–Kier alpha value is -2.37. The van der Waals surface area contributed by atoms with Gasteiger partial charge < -0.3 is 15.0 Å². The van der Waals surface area contributed by atoms with E-state index in [2.05, 4.69) is 10.3 Å². The predicted molar refractivity (Wildman–Crippen MR) is 74.8 cm³/mol. The summed E-state index contributed by atoms with van der Waals surface area (Å²) in [5.74, 6) is -0.896. The Morgan fingerprint density at radius 3 is 2.55 bits per heavy atom. The van der Waals surface area contributed by atoms with Crippen LogP contribution < -0.4 is 15.0 Å². The highest BCUT2D eigenvalue weighted by molar-refractivity contribution is 5.67. The number of para-hydroxylation sites is 2. The Kier molecular flexibility index (Phi) is 4.02. The second-order valence-corrected chi connectivity index (χ2v) is 4.11. The molecule has 2 rings (SSSR count). The number of hydrogen-bond acceptors (Lipinski definition) is 4.